The second-order valence-corrected chi connectivity index (χ2v) is 5.80. The van der Waals surface area contributed by atoms with Gasteiger partial charge in [0.25, 0.3) is 0 Å². The molecule has 5 heteroatoms. The Bertz CT molecular complexity index is 310. The molecule has 1 atom stereocenters. The molecule has 0 aromatic rings. The summed E-state index contributed by atoms with van der Waals surface area (Å²) < 4.78 is 15.1. The van der Waals surface area contributed by atoms with Gasteiger partial charge in [-0.25, -0.2) is 0 Å². The summed E-state index contributed by atoms with van der Waals surface area (Å²) in [6.45, 7) is 4.85. The first-order valence-corrected chi connectivity index (χ1v) is 8.04. The van der Waals surface area contributed by atoms with Gasteiger partial charge in [0, 0.05) is 12.8 Å². The molecular weight excluding hydrogens is 272 g/mol. The number of unbranched alkanes of at least 4 members (excludes halogenated alkanes) is 5. The molecule has 1 rings (SSSR count). The fourth-order valence-corrected chi connectivity index (χ4v) is 1.99. The number of esters is 2. The van der Waals surface area contributed by atoms with E-state index in [-0.39, 0.29) is 24.1 Å². The Labute approximate surface area is 127 Å². The Morgan fingerprint density at radius 3 is 2.05 bits per heavy atom. The van der Waals surface area contributed by atoms with Crippen LogP contribution < -0.4 is 0 Å². The molecule has 1 saturated heterocycles. The van der Waals surface area contributed by atoms with Crippen molar-refractivity contribution in [2.24, 2.45) is 0 Å². The fourth-order valence-electron chi connectivity index (χ4n) is 1.99. The van der Waals surface area contributed by atoms with Gasteiger partial charge in [-0.3, -0.25) is 9.59 Å². The molecule has 0 bridgehead atoms. The molecule has 21 heavy (non-hydrogen) atoms. The highest BCUT2D eigenvalue weighted by molar-refractivity contribution is 5.69. The van der Waals surface area contributed by atoms with Crippen LogP contribution in [-0.4, -0.2) is 37.4 Å². The number of carbonyl (C=O) groups excluding carboxylic acids is 2. The lowest BCUT2D eigenvalue weighted by Gasteiger charge is -2.07. The van der Waals surface area contributed by atoms with E-state index in [2.05, 4.69) is 0 Å². The Kier molecular flexibility index (Phi) is 9.06. The van der Waals surface area contributed by atoms with E-state index in [0.29, 0.717) is 19.4 Å². The van der Waals surface area contributed by atoms with Crippen molar-refractivity contribution in [2.45, 2.75) is 77.4 Å². The molecule has 0 radical (unpaired) electrons. The van der Waals surface area contributed by atoms with Gasteiger partial charge in [-0.15, -0.1) is 0 Å². The molecule has 0 aromatic carbocycles. The minimum Gasteiger partial charge on any atom is -0.463 e. The van der Waals surface area contributed by atoms with Crippen LogP contribution in [0.25, 0.3) is 0 Å². The van der Waals surface area contributed by atoms with E-state index in [9.17, 15) is 9.59 Å². The Balaban J connectivity index is 1.79. The van der Waals surface area contributed by atoms with E-state index >= 15 is 0 Å². The van der Waals surface area contributed by atoms with Crippen LogP contribution in [0.3, 0.4) is 0 Å². The van der Waals surface area contributed by atoms with E-state index in [4.69, 9.17) is 14.2 Å². The van der Waals surface area contributed by atoms with Gasteiger partial charge in [0.15, 0.2) is 0 Å². The Hall–Kier alpha value is -1.10. The maximum atomic E-state index is 11.3. The largest absolute Gasteiger partial charge is 0.463 e. The first-order chi connectivity index (χ1) is 10.1. The van der Waals surface area contributed by atoms with Crippen LogP contribution in [0, 0.1) is 0 Å². The monoisotopic (exact) mass is 300 g/mol. The van der Waals surface area contributed by atoms with Crippen LogP contribution in [0.2, 0.25) is 0 Å². The van der Waals surface area contributed by atoms with Gasteiger partial charge in [0.1, 0.15) is 12.7 Å². The minimum atomic E-state index is -0.123. The standard InChI is InChI=1S/C16H28O5/c1-13(2)21-16(18)10-8-6-4-3-5-7-9-15(17)20-12-14-11-19-14/h13-14H,3-12H2,1-2H3. The van der Waals surface area contributed by atoms with Crippen LogP contribution in [0.15, 0.2) is 0 Å². The zero-order valence-corrected chi connectivity index (χ0v) is 13.3. The molecular formula is C16H28O5. The summed E-state index contributed by atoms with van der Waals surface area (Å²) in [6.07, 6.45) is 7.15. The molecule has 1 heterocycles. The first-order valence-electron chi connectivity index (χ1n) is 8.04. The molecule has 0 amide bonds. The third kappa shape index (κ3) is 11.3. The summed E-state index contributed by atoms with van der Waals surface area (Å²) in [7, 11) is 0. The molecule has 122 valence electrons. The molecule has 0 N–H and O–H groups in total. The number of rotatable bonds is 12. The zero-order chi connectivity index (χ0) is 15.5. The summed E-state index contributed by atoms with van der Waals surface area (Å²) in [6, 6.07) is 0. The molecule has 0 aromatic heterocycles. The molecule has 1 aliphatic heterocycles. The third-order valence-corrected chi connectivity index (χ3v) is 3.21. The van der Waals surface area contributed by atoms with Crippen LogP contribution in [0.5, 0.6) is 0 Å². The van der Waals surface area contributed by atoms with E-state index < -0.39 is 0 Å². The SMILES string of the molecule is CC(C)OC(=O)CCCCCCCCC(=O)OCC1CO1. The lowest BCUT2D eigenvalue weighted by atomic mass is 10.1. The second-order valence-electron chi connectivity index (χ2n) is 5.80. The van der Waals surface area contributed by atoms with Gasteiger partial charge >= 0.3 is 11.9 Å². The van der Waals surface area contributed by atoms with Crippen molar-refractivity contribution in [3.8, 4) is 0 Å². The number of carbonyl (C=O) groups is 2. The fraction of sp³-hybridized carbons (Fsp3) is 0.875. The lowest BCUT2D eigenvalue weighted by molar-refractivity contribution is -0.147. The summed E-state index contributed by atoms with van der Waals surface area (Å²) in [5.41, 5.74) is 0. The normalized spacial score (nSPS) is 16.8. The van der Waals surface area contributed by atoms with Crippen molar-refractivity contribution < 1.29 is 23.8 Å². The highest BCUT2D eigenvalue weighted by Crippen LogP contribution is 2.12. The smallest absolute Gasteiger partial charge is 0.306 e. The molecule has 5 nitrogen and oxygen atoms in total. The van der Waals surface area contributed by atoms with Crippen molar-refractivity contribution in [1.82, 2.24) is 0 Å². The predicted octanol–water partition coefficient (Wildman–Crippen LogP) is 3.00. The van der Waals surface area contributed by atoms with E-state index in [1.807, 2.05) is 13.8 Å². The van der Waals surface area contributed by atoms with Crippen molar-refractivity contribution in [1.29, 1.82) is 0 Å². The van der Waals surface area contributed by atoms with Crippen LogP contribution >= 0.6 is 0 Å². The van der Waals surface area contributed by atoms with Gasteiger partial charge < -0.3 is 14.2 Å². The Morgan fingerprint density at radius 1 is 1.00 bits per heavy atom. The third-order valence-electron chi connectivity index (χ3n) is 3.21. The lowest BCUT2D eigenvalue weighted by Crippen LogP contribution is -2.10. The second kappa shape index (κ2) is 10.6. The molecule has 1 aliphatic rings. The van der Waals surface area contributed by atoms with Gasteiger partial charge in [-0.1, -0.05) is 25.7 Å². The number of hydrogen-bond donors (Lipinski definition) is 0. The first kappa shape index (κ1) is 18.0. The molecule has 0 spiro atoms. The number of epoxide rings is 1. The molecule has 0 saturated carbocycles. The summed E-state index contributed by atoms with van der Waals surface area (Å²) in [5, 5.41) is 0. The van der Waals surface area contributed by atoms with Crippen LogP contribution in [-0.2, 0) is 23.8 Å². The van der Waals surface area contributed by atoms with Gasteiger partial charge in [-0.05, 0) is 26.7 Å². The zero-order valence-electron chi connectivity index (χ0n) is 13.3. The maximum Gasteiger partial charge on any atom is 0.306 e. The highest BCUT2D eigenvalue weighted by Gasteiger charge is 2.23. The maximum absolute atomic E-state index is 11.3. The van der Waals surface area contributed by atoms with Crippen molar-refractivity contribution in [2.75, 3.05) is 13.2 Å². The quantitative estimate of drug-likeness (QED) is 0.315. The summed E-state index contributed by atoms with van der Waals surface area (Å²) >= 11 is 0. The van der Waals surface area contributed by atoms with E-state index in [1.165, 1.54) is 0 Å². The molecule has 1 fully saturated rings. The van der Waals surface area contributed by atoms with Gasteiger partial charge in [-0.2, -0.15) is 0 Å². The topological polar surface area (TPSA) is 65.1 Å². The molecule has 1 unspecified atom stereocenters. The van der Waals surface area contributed by atoms with Gasteiger partial charge in [0.05, 0.1) is 12.7 Å². The van der Waals surface area contributed by atoms with Crippen molar-refractivity contribution >= 4 is 11.9 Å². The number of hydrogen-bond acceptors (Lipinski definition) is 5. The Morgan fingerprint density at radius 2 is 1.52 bits per heavy atom. The predicted molar refractivity (Wildman–Crippen MR) is 78.9 cm³/mol. The van der Waals surface area contributed by atoms with Crippen LogP contribution in [0.4, 0.5) is 0 Å². The summed E-state index contributed by atoms with van der Waals surface area (Å²) in [4.78, 5) is 22.6. The van der Waals surface area contributed by atoms with E-state index in [1.54, 1.807) is 0 Å². The average molecular weight is 300 g/mol. The highest BCUT2D eigenvalue weighted by atomic mass is 16.6. The van der Waals surface area contributed by atoms with Crippen molar-refractivity contribution in [3.05, 3.63) is 0 Å². The van der Waals surface area contributed by atoms with Crippen molar-refractivity contribution in [3.63, 3.8) is 0 Å². The van der Waals surface area contributed by atoms with E-state index in [0.717, 1.165) is 45.1 Å². The molecule has 0 aliphatic carbocycles. The minimum absolute atomic E-state index is 0.0243. The number of ether oxygens (including phenoxy) is 3. The van der Waals surface area contributed by atoms with Crippen LogP contribution in [0.1, 0.15) is 65.2 Å². The summed E-state index contributed by atoms with van der Waals surface area (Å²) in [5.74, 6) is -0.227. The average Bonchev–Trinajstić information content (AvgIpc) is 3.22. The van der Waals surface area contributed by atoms with Gasteiger partial charge in [0.2, 0.25) is 0 Å².